The summed E-state index contributed by atoms with van der Waals surface area (Å²) >= 11 is 0. The normalized spacial score (nSPS) is 27.1. The molecule has 1 aromatic carbocycles. The van der Waals surface area contributed by atoms with Crippen molar-refractivity contribution in [2.45, 2.75) is 76.3 Å². The fraction of sp³-hybridized carbons (Fsp3) is 0.667. The van der Waals surface area contributed by atoms with Crippen LogP contribution in [0.2, 0.25) is 0 Å². The lowest BCUT2D eigenvalue weighted by Crippen LogP contribution is -2.50. The van der Waals surface area contributed by atoms with Gasteiger partial charge in [0.1, 0.15) is 18.4 Å². The predicted octanol–water partition coefficient (Wildman–Crippen LogP) is 3.31. The number of fused-ring (bicyclic) bond motifs is 1. The summed E-state index contributed by atoms with van der Waals surface area (Å²) in [6.07, 6.45) is 9.12. The molecule has 2 aromatic rings. The molecule has 14 heteroatoms. The number of ether oxygens (including phenoxy) is 1. The number of rotatable bonds is 9. The van der Waals surface area contributed by atoms with Gasteiger partial charge in [0, 0.05) is 48.2 Å². The summed E-state index contributed by atoms with van der Waals surface area (Å²) in [6, 6.07) is 5.69. The minimum atomic E-state index is -4.02. The molecular weight excluding hydrogens is 627 g/mol. The van der Waals surface area contributed by atoms with Crippen LogP contribution in [0.3, 0.4) is 0 Å². The SMILES string of the molecule is N[C@H](CF)C1CCC(C(=O)N2CC[C@@H](C3CCCCC3)[C@H]2C(=O)Nc2ccc3[nH]c(C(=O)NS(=O)(=O)N4CCOCC4)cc3c2)CC1. The number of nitrogens with one attached hydrogen (secondary N) is 3. The molecule has 1 aromatic heterocycles. The Bertz CT molecular complexity index is 1550. The number of anilines is 1. The number of amides is 3. The number of morpholine rings is 1. The smallest absolute Gasteiger partial charge is 0.304 e. The number of hydrogen-bond donors (Lipinski definition) is 4. The van der Waals surface area contributed by atoms with Crippen LogP contribution in [0.25, 0.3) is 10.9 Å². The molecule has 2 aliphatic heterocycles. The molecule has 2 saturated carbocycles. The van der Waals surface area contributed by atoms with Gasteiger partial charge in [-0.15, -0.1) is 0 Å². The van der Waals surface area contributed by atoms with Crippen LogP contribution in [-0.2, 0) is 24.5 Å². The zero-order valence-corrected chi connectivity index (χ0v) is 27.6. The second-order valence-electron chi connectivity index (χ2n) is 13.7. The molecule has 12 nitrogen and oxygen atoms in total. The van der Waals surface area contributed by atoms with Crippen LogP contribution in [0, 0.1) is 23.7 Å². The van der Waals surface area contributed by atoms with Gasteiger partial charge in [-0.3, -0.25) is 14.4 Å². The summed E-state index contributed by atoms with van der Waals surface area (Å²) in [4.78, 5) is 45.7. The van der Waals surface area contributed by atoms with Crippen molar-refractivity contribution in [2.24, 2.45) is 29.4 Å². The molecule has 2 aliphatic carbocycles. The molecule has 3 amide bonds. The van der Waals surface area contributed by atoms with Gasteiger partial charge < -0.3 is 25.7 Å². The van der Waals surface area contributed by atoms with Gasteiger partial charge in [-0.2, -0.15) is 12.7 Å². The van der Waals surface area contributed by atoms with E-state index < -0.39 is 34.9 Å². The van der Waals surface area contributed by atoms with Crippen molar-refractivity contribution in [3.05, 3.63) is 30.0 Å². The van der Waals surface area contributed by atoms with Crippen molar-refractivity contribution in [3.8, 4) is 0 Å². The van der Waals surface area contributed by atoms with Crippen LogP contribution in [-0.4, -0.2) is 91.9 Å². The molecule has 5 N–H and O–H groups in total. The molecule has 3 atom stereocenters. The summed E-state index contributed by atoms with van der Waals surface area (Å²) in [5.41, 5.74) is 7.17. The van der Waals surface area contributed by atoms with Gasteiger partial charge in [0.25, 0.3) is 5.91 Å². The standard InChI is InChI=1S/C33H47FN6O6S/c34-20-27(35)22-6-8-23(9-7-22)33(43)40-13-12-26(21-4-2-1-3-5-21)30(40)32(42)36-25-10-11-28-24(18-25)19-29(37-28)31(41)38-47(44,45)39-14-16-46-17-15-39/h10-11,18-19,21-23,26-27,30,37H,1-9,12-17,20,35H2,(H,36,42)(H,38,41)/t22?,23?,26-,27+,30-/m0/s1. The lowest BCUT2D eigenvalue weighted by Gasteiger charge is -2.36. The first-order valence-corrected chi connectivity index (χ1v) is 18.5. The Morgan fingerprint density at radius 1 is 0.979 bits per heavy atom. The number of likely N-dealkylation sites (tertiary alicyclic amines) is 1. The maximum absolute atomic E-state index is 14.1. The van der Waals surface area contributed by atoms with Gasteiger partial charge in [-0.05, 0) is 74.1 Å². The first-order valence-electron chi connectivity index (χ1n) is 17.1. The van der Waals surface area contributed by atoms with Crippen molar-refractivity contribution >= 4 is 44.5 Å². The predicted molar refractivity (Wildman–Crippen MR) is 175 cm³/mol. The molecular formula is C33H47FN6O6S. The molecule has 47 heavy (non-hydrogen) atoms. The molecule has 2 saturated heterocycles. The van der Waals surface area contributed by atoms with E-state index in [2.05, 4.69) is 15.0 Å². The maximum Gasteiger partial charge on any atom is 0.304 e. The fourth-order valence-electron chi connectivity index (χ4n) is 8.18. The first-order chi connectivity index (χ1) is 22.6. The number of halogens is 1. The summed E-state index contributed by atoms with van der Waals surface area (Å²) < 4.78 is 47.0. The Kier molecular flexibility index (Phi) is 10.5. The number of aromatic amines is 1. The zero-order valence-electron chi connectivity index (χ0n) is 26.8. The van der Waals surface area contributed by atoms with E-state index >= 15 is 0 Å². The minimum absolute atomic E-state index is 0.0134. The van der Waals surface area contributed by atoms with Crippen LogP contribution in [0.4, 0.5) is 10.1 Å². The monoisotopic (exact) mass is 674 g/mol. The molecule has 0 unspecified atom stereocenters. The molecule has 4 fully saturated rings. The minimum Gasteiger partial charge on any atom is -0.379 e. The van der Waals surface area contributed by atoms with Gasteiger partial charge >= 0.3 is 10.2 Å². The van der Waals surface area contributed by atoms with Crippen LogP contribution in [0.1, 0.15) is 74.7 Å². The van der Waals surface area contributed by atoms with E-state index in [4.69, 9.17) is 10.5 Å². The average Bonchev–Trinajstić information content (AvgIpc) is 3.73. The van der Waals surface area contributed by atoms with E-state index in [-0.39, 0.29) is 61.6 Å². The Hall–Kier alpha value is -3.07. The van der Waals surface area contributed by atoms with Crippen molar-refractivity contribution in [2.75, 3.05) is 44.8 Å². The summed E-state index contributed by atoms with van der Waals surface area (Å²) in [6.45, 7) is 0.857. The second-order valence-corrected chi connectivity index (χ2v) is 15.3. The van der Waals surface area contributed by atoms with Crippen LogP contribution >= 0.6 is 0 Å². The number of hydrogen-bond acceptors (Lipinski definition) is 7. The molecule has 4 aliphatic rings. The van der Waals surface area contributed by atoms with Gasteiger partial charge in [0.15, 0.2) is 0 Å². The zero-order chi connectivity index (χ0) is 33.1. The van der Waals surface area contributed by atoms with Crippen molar-refractivity contribution in [1.82, 2.24) is 18.9 Å². The van der Waals surface area contributed by atoms with E-state index in [0.29, 0.717) is 54.7 Å². The topological polar surface area (TPSA) is 167 Å². The van der Waals surface area contributed by atoms with Crippen LogP contribution in [0.5, 0.6) is 0 Å². The lowest BCUT2D eigenvalue weighted by molar-refractivity contribution is -0.142. The lowest BCUT2D eigenvalue weighted by atomic mass is 9.76. The average molecular weight is 675 g/mol. The number of nitrogens with zero attached hydrogens (tertiary/aromatic N) is 2. The third kappa shape index (κ3) is 7.50. The highest BCUT2D eigenvalue weighted by Gasteiger charge is 2.47. The van der Waals surface area contributed by atoms with Crippen LogP contribution < -0.4 is 15.8 Å². The molecule has 0 radical (unpaired) electrons. The Labute approximate surface area is 275 Å². The third-order valence-corrected chi connectivity index (χ3v) is 12.3. The number of carbonyl (C=O) groups excluding carboxylic acids is 3. The van der Waals surface area contributed by atoms with Gasteiger partial charge in [0.2, 0.25) is 11.8 Å². The largest absolute Gasteiger partial charge is 0.379 e. The van der Waals surface area contributed by atoms with E-state index in [1.54, 1.807) is 29.2 Å². The molecule has 0 bridgehead atoms. The van der Waals surface area contributed by atoms with E-state index in [1.165, 1.54) is 10.7 Å². The quantitative estimate of drug-likeness (QED) is 0.317. The highest BCUT2D eigenvalue weighted by molar-refractivity contribution is 7.87. The Morgan fingerprint density at radius 2 is 1.70 bits per heavy atom. The summed E-state index contributed by atoms with van der Waals surface area (Å²) in [5.74, 6) is -0.627. The van der Waals surface area contributed by atoms with E-state index in [0.717, 1.165) is 32.1 Å². The van der Waals surface area contributed by atoms with Gasteiger partial charge in [0.05, 0.1) is 13.2 Å². The highest BCUT2D eigenvalue weighted by atomic mass is 32.2. The summed E-state index contributed by atoms with van der Waals surface area (Å²) in [7, 11) is -4.02. The van der Waals surface area contributed by atoms with Crippen molar-refractivity contribution in [3.63, 3.8) is 0 Å². The van der Waals surface area contributed by atoms with Gasteiger partial charge in [-0.25, -0.2) is 9.11 Å². The Balaban J connectivity index is 1.16. The fourth-order valence-corrected chi connectivity index (χ4v) is 9.29. The molecule has 0 spiro atoms. The van der Waals surface area contributed by atoms with Gasteiger partial charge in [-0.1, -0.05) is 32.1 Å². The number of carbonyl (C=O) groups is 3. The second kappa shape index (κ2) is 14.6. The number of alkyl halides is 1. The number of nitrogens with two attached hydrogens (primary N) is 1. The molecule has 258 valence electrons. The number of benzene rings is 1. The van der Waals surface area contributed by atoms with Crippen molar-refractivity contribution < 1.29 is 31.9 Å². The maximum atomic E-state index is 14.1. The molecule has 3 heterocycles. The van der Waals surface area contributed by atoms with E-state index in [9.17, 15) is 27.2 Å². The first kappa shape index (κ1) is 33.8. The Morgan fingerprint density at radius 3 is 2.40 bits per heavy atom. The number of H-pyrrole nitrogens is 1. The van der Waals surface area contributed by atoms with Crippen LogP contribution in [0.15, 0.2) is 24.3 Å². The van der Waals surface area contributed by atoms with E-state index in [1.807, 2.05) is 0 Å². The third-order valence-electron chi connectivity index (χ3n) is 10.8. The van der Waals surface area contributed by atoms with Crippen molar-refractivity contribution in [1.29, 1.82) is 0 Å². The highest BCUT2D eigenvalue weighted by Crippen LogP contribution is 2.41. The molecule has 6 rings (SSSR count). The summed E-state index contributed by atoms with van der Waals surface area (Å²) in [5, 5.41) is 3.69. The number of aromatic nitrogens is 1.